The standard InChI is InChI=1S/C22H33F3N2O/c1-4-5-6-7-8-9-10-11-17-12-14-18(15-13-17)19(22(23,24)25)27-16-21(2,3)20(28)26-27/h12-15,19H,4-11,16H2,1-3H3,(H,26,28). The molecule has 158 valence electrons. The molecular weight excluding hydrogens is 365 g/mol. The molecule has 1 aromatic carbocycles. The number of amides is 1. The summed E-state index contributed by atoms with van der Waals surface area (Å²) in [6, 6.07) is 4.84. The molecule has 0 spiro atoms. The summed E-state index contributed by atoms with van der Waals surface area (Å²) >= 11 is 0. The van der Waals surface area contributed by atoms with E-state index in [-0.39, 0.29) is 18.0 Å². The van der Waals surface area contributed by atoms with Gasteiger partial charge in [0.15, 0.2) is 0 Å². The quantitative estimate of drug-likeness (QED) is 0.494. The average Bonchev–Trinajstić information content (AvgIpc) is 2.86. The zero-order valence-corrected chi connectivity index (χ0v) is 17.2. The largest absolute Gasteiger partial charge is 0.409 e. The van der Waals surface area contributed by atoms with Crippen molar-refractivity contribution >= 4 is 5.91 Å². The molecule has 0 aliphatic carbocycles. The fraction of sp³-hybridized carbons (Fsp3) is 0.682. The number of hydrazine groups is 1. The molecule has 2 rings (SSSR count). The molecule has 3 nitrogen and oxygen atoms in total. The van der Waals surface area contributed by atoms with Crippen molar-refractivity contribution in [2.24, 2.45) is 5.41 Å². The van der Waals surface area contributed by atoms with Crippen LogP contribution in [0.3, 0.4) is 0 Å². The molecule has 1 N–H and O–H groups in total. The Morgan fingerprint density at radius 2 is 1.61 bits per heavy atom. The van der Waals surface area contributed by atoms with Gasteiger partial charge in [0.25, 0.3) is 0 Å². The molecule has 0 aromatic heterocycles. The summed E-state index contributed by atoms with van der Waals surface area (Å²) in [6.45, 7) is 5.53. The summed E-state index contributed by atoms with van der Waals surface area (Å²) in [5.41, 5.74) is 2.79. The van der Waals surface area contributed by atoms with E-state index < -0.39 is 17.6 Å². The van der Waals surface area contributed by atoms with Crippen molar-refractivity contribution in [3.63, 3.8) is 0 Å². The minimum atomic E-state index is -4.46. The summed E-state index contributed by atoms with van der Waals surface area (Å²) in [4.78, 5) is 11.9. The zero-order valence-electron chi connectivity index (χ0n) is 17.2. The fourth-order valence-electron chi connectivity index (χ4n) is 3.67. The number of alkyl halides is 3. The molecule has 0 radical (unpaired) electrons. The summed E-state index contributed by atoms with van der Waals surface area (Å²) in [7, 11) is 0. The highest BCUT2D eigenvalue weighted by Crippen LogP contribution is 2.40. The normalized spacial score (nSPS) is 18.3. The topological polar surface area (TPSA) is 32.3 Å². The molecule has 1 heterocycles. The van der Waals surface area contributed by atoms with E-state index in [2.05, 4.69) is 12.3 Å². The Bertz CT molecular complexity index is 626. The van der Waals surface area contributed by atoms with E-state index in [1.54, 1.807) is 38.1 Å². The van der Waals surface area contributed by atoms with Gasteiger partial charge in [0.05, 0.1) is 5.41 Å². The summed E-state index contributed by atoms with van der Waals surface area (Å²) in [5.74, 6) is -0.377. The second-order valence-corrected chi connectivity index (χ2v) is 8.51. The van der Waals surface area contributed by atoms with Crippen LogP contribution in [0.1, 0.15) is 82.9 Å². The smallest absolute Gasteiger partial charge is 0.287 e. The Morgan fingerprint density at radius 3 is 2.11 bits per heavy atom. The first-order valence-corrected chi connectivity index (χ1v) is 10.4. The van der Waals surface area contributed by atoms with Crippen molar-refractivity contribution in [2.45, 2.75) is 84.4 Å². The molecule has 1 unspecified atom stereocenters. The first-order chi connectivity index (χ1) is 13.1. The number of carbonyl (C=O) groups is 1. The lowest BCUT2D eigenvalue weighted by molar-refractivity contribution is -0.191. The highest BCUT2D eigenvalue weighted by atomic mass is 19.4. The maximum Gasteiger partial charge on any atom is 0.409 e. The van der Waals surface area contributed by atoms with Gasteiger partial charge in [-0.15, -0.1) is 0 Å². The van der Waals surface area contributed by atoms with Crippen LogP contribution in [0.15, 0.2) is 24.3 Å². The molecule has 6 heteroatoms. The highest BCUT2D eigenvalue weighted by molar-refractivity contribution is 5.83. The highest BCUT2D eigenvalue weighted by Gasteiger charge is 2.51. The number of carbonyl (C=O) groups excluding carboxylic acids is 1. The number of nitrogens with one attached hydrogen (secondary N) is 1. The number of aryl methyl sites for hydroxylation is 1. The molecule has 1 aliphatic rings. The third-order valence-corrected chi connectivity index (χ3v) is 5.41. The van der Waals surface area contributed by atoms with E-state index in [0.717, 1.165) is 29.8 Å². The van der Waals surface area contributed by atoms with E-state index >= 15 is 0 Å². The van der Waals surface area contributed by atoms with Gasteiger partial charge in [-0.3, -0.25) is 10.2 Å². The number of halogens is 3. The van der Waals surface area contributed by atoms with Gasteiger partial charge >= 0.3 is 6.18 Å². The number of rotatable bonds is 10. The van der Waals surface area contributed by atoms with Crippen LogP contribution in [0.25, 0.3) is 0 Å². The Morgan fingerprint density at radius 1 is 1.04 bits per heavy atom. The van der Waals surface area contributed by atoms with Gasteiger partial charge in [0.1, 0.15) is 6.04 Å². The van der Waals surface area contributed by atoms with Gasteiger partial charge in [-0.2, -0.15) is 13.2 Å². The summed E-state index contributed by atoms with van der Waals surface area (Å²) in [6.07, 6.45) is 4.94. The van der Waals surface area contributed by atoms with Crippen LogP contribution in [0.5, 0.6) is 0 Å². The summed E-state index contributed by atoms with van der Waals surface area (Å²) in [5, 5.41) is 1.02. The Hall–Kier alpha value is -1.56. The molecule has 1 aliphatic heterocycles. The first kappa shape index (κ1) is 22.7. The van der Waals surface area contributed by atoms with Crippen LogP contribution in [0.4, 0.5) is 13.2 Å². The molecule has 0 bridgehead atoms. The van der Waals surface area contributed by atoms with Gasteiger partial charge in [-0.25, -0.2) is 5.01 Å². The van der Waals surface area contributed by atoms with Crippen molar-refractivity contribution in [1.29, 1.82) is 0 Å². The van der Waals surface area contributed by atoms with Crippen LogP contribution in [-0.2, 0) is 11.2 Å². The molecule has 1 saturated heterocycles. The molecule has 1 aromatic rings. The van der Waals surface area contributed by atoms with Gasteiger partial charge < -0.3 is 0 Å². The van der Waals surface area contributed by atoms with Gasteiger partial charge in [-0.1, -0.05) is 69.7 Å². The SMILES string of the molecule is CCCCCCCCCc1ccc(C(N2CC(C)(C)C(=O)N2)C(F)(F)F)cc1. The maximum absolute atomic E-state index is 13.7. The molecule has 0 saturated carbocycles. The maximum atomic E-state index is 13.7. The lowest BCUT2D eigenvalue weighted by Crippen LogP contribution is -2.43. The van der Waals surface area contributed by atoms with E-state index in [4.69, 9.17) is 0 Å². The molecule has 1 atom stereocenters. The van der Waals surface area contributed by atoms with Crippen molar-refractivity contribution < 1.29 is 18.0 Å². The van der Waals surface area contributed by atoms with E-state index in [0.29, 0.717) is 0 Å². The molecule has 1 amide bonds. The van der Waals surface area contributed by atoms with Gasteiger partial charge in [0, 0.05) is 6.54 Å². The first-order valence-electron chi connectivity index (χ1n) is 10.4. The van der Waals surface area contributed by atoms with E-state index in [1.807, 2.05) is 0 Å². The van der Waals surface area contributed by atoms with Crippen LogP contribution in [0.2, 0.25) is 0 Å². The van der Waals surface area contributed by atoms with Crippen LogP contribution in [-0.4, -0.2) is 23.6 Å². The minimum Gasteiger partial charge on any atom is -0.287 e. The predicted molar refractivity (Wildman–Crippen MR) is 106 cm³/mol. The van der Waals surface area contributed by atoms with Gasteiger partial charge in [0.2, 0.25) is 5.91 Å². The zero-order chi connectivity index (χ0) is 20.8. The third kappa shape index (κ3) is 6.23. The minimum absolute atomic E-state index is 0.0236. The third-order valence-electron chi connectivity index (χ3n) is 5.41. The lowest BCUT2D eigenvalue weighted by atomic mass is 9.93. The molecule has 28 heavy (non-hydrogen) atoms. The number of hydrogen-bond acceptors (Lipinski definition) is 2. The molecule has 1 fully saturated rings. The number of hydrogen-bond donors (Lipinski definition) is 1. The fourth-order valence-corrected chi connectivity index (χ4v) is 3.67. The van der Waals surface area contributed by atoms with Crippen molar-refractivity contribution in [1.82, 2.24) is 10.4 Å². The Labute approximate surface area is 166 Å². The van der Waals surface area contributed by atoms with Crippen molar-refractivity contribution in [3.05, 3.63) is 35.4 Å². The monoisotopic (exact) mass is 398 g/mol. The Kier molecular flexibility index (Phi) is 7.93. The average molecular weight is 399 g/mol. The van der Waals surface area contributed by atoms with Crippen LogP contribution >= 0.6 is 0 Å². The van der Waals surface area contributed by atoms with E-state index in [9.17, 15) is 18.0 Å². The lowest BCUT2D eigenvalue weighted by Gasteiger charge is -2.30. The van der Waals surface area contributed by atoms with Crippen molar-refractivity contribution in [2.75, 3.05) is 6.54 Å². The second kappa shape index (κ2) is 9.77. The number of benzene rings is 1. The molecular formula is C22H33F3N2O. The Balaban J connectivity index is 1.94. The number of nitrogens with zero attached hydrogens (tertiary/aromatic N) is 1. The van der Waals surface area contributed by atoms with Gasteiger partial charge in [-0.05, 0) is 37.8 Å². The van der Waals surface area contributed by atoms with Crippen LogP contribution < -0.4 is 5.43 Å². The second-order valence-electron chi connectivity index (χ2n) is 8.51. The van der Waals surface area contributed by atoms with Crippen molar-refractivity contribution in [3.8, 4) is 0 Å². The van der Waals surface area contributed by atoms with E-state index in [1.165, 1.54) is 32.1 Å². The predicted octanol–water partition coefficient (Wildman–Crippen LogP) is 5.96. The number of unbranched alkanes of at least 4 members (excludes halogenated alkanes) is 6. The summed E-state index contributed by atoms with van der Waals surface area (Å²) < 4.78 is 41.2. The van der Waals surface area contributed by atoms with Crippen LogP contribution in [0, 0.1) is 5.41 Å².